The molecule has 0 aromatic heterocycles. The molecular weight excluding hydrogens is 488 g/mol. The summed E-state index contributed by atoms with van der Waals surface area (Å²) >= 11 is 0. The van der Waals surface area contributed by atoms with Crippen molar-refractivity contribution < 1.29 is 54.4 Å². The van der Waals surface area contributed by atoms with E-state index in [4.69, 9.17) is 10.2 Å². The van der Waals surface area contributed by atoms with E-state index in [0.29, 0.717) is 0 Å². The molecule has 0 aliphatic carbocycles. The highest BCUT2D eigenvalue weighted by molar-refractivity contribution is 5.73. The van der Waals surface area contributed by atoms with Gasteiger partial charge in [0.15, 0.2) is 0 Å². The first-order valence-corrected chi connectivity index (χ1v) is 10.3. The van der Waals surface area contributed by atoms with Gasteiger partial charge < -0.3 is 25.5 Å². The third-order valence-electron chi connectivity index (χ3n) is 4.85. The van der Waals surface area contributed by atoms with E-state index in [-0.39, 0.29) is 30.9 Å². The number of carbonyl (C=O) groups is 5. The van der Waals surface area contributed by atoms with Gasteiger partial charge >= 0.3 is 29.8 Å². The van der Waals surface area contributed by atoms with E-state index in [1.54, 1.807) is 0 Å². The number of rotatable bonds is 18. The zero-order valence-electron chi connectivity index (χ0n) is 18.9. The van der Waals surface area contributed by atoms with Gasteiger partial charge in [0.2, 0.25) is 0 Å². The van der Waals surface area contributed by atoms with Gasteiger partial charge in [0.05, 0.1) is 37.6 Å². The standard InChI is InChI=1S/C20H26N4O12/c25-16(26)8-21(5-6-22(9-17(27)28)10-18(29)30)7-15(23(11-19(31)32)12-20(33)34)13-1-3-14(4-2-13)24(35)36/h1-4,15H,5-12H2,(H,25,26)(H,27,28)(H,29,30)(H,31,32)(H,33,34). The number of nitrogens with zero attached hydrogens (tertiary/aromatic N) is 4. The van der Waals surface area contributed by atoms with Crippen LogP contribution in [0.5, 0.6) is 0 Å². The molecule has 198 valence electrons. The molecule has 0 heterocycles. The molecule has 0 bridgehead atoms. The van der Waals surface area contributed by atoms with Crippen LogP contribution in [0.4, 0.5) is 5.69 Å². The Labute approximate surface area is 203 Å². The van der Waals surface area contributed by atoms with Crippen molar-refractivity contribution in [1.82, 2.24) is 14.7 Å². The van der Waals surface area contributed by atoms with E-state index >= 15 is 0 Å². The van der Waals surface area contributed by atoms with Crippen LogP contribution in [0.2, 0.25) is 0 Å². The van der Waals surface area contributed by atoms with Crippen molar-refractivity contribution in [2.45, 2.75) is 6.04 Å². The van der Waals surface area contributed by atoms with Crippen LogP contribution in [0.15, 0.2) is 24.3 Å². The normalized spacial score (nSPS) is 12.0. The molecule has 0 aliphatic heterocycles. The highest BCUT2D eigenvalue weighted by atomic mass is 16.6. The fourth-order valence-electron chi connectivity index (χ4n) is 3.42. The molecule has 16 heteroatoms. The van der Waals surface area contributed by atoms with Crippen LogP contribution in [0.1, 0.15) is 11.6 Å². The van der Waals surface area contributed by atoms with E-state index in [2.05, 4.69) is 0 Å². The number of carboxylic acid groups (broad SMARTS) is 5. The van der Waals surface area contributed by atoms with Crippen molar-refractivity contribution in [3.05, 3.63) is 39.9 Å². The molecule has 36 heavy (non-hydrogen) atoms. The predicted octanol–water partition coefficient (Wildman–Crippen LogP) is -1.04. The topological polar surface area (TPSA) is 239 Å². The Balaban J connectivity index is 3.32. The predicted molar refractivity (Wildman–Crippen MR) is 118 cm³/mol. The summed E-state index contributed by atoms with van der Waals surface area (Å²) in [6.07, 6.45) is 0. The third-order valence-corrected chi connectivity index (χ3v) is 4.85. The summed E-state index contributed by atoms with van der Waals surface area (Å²) in [5.41, 5.74) is -0.00712. The molecule has 1 aromatic rings. The lowest BCUT2D eigenvalue weighted by Crippen LogP contribution is -2.47. The van der Waals surface area contributed by atoms with E-state index in [9.17, 15) is 49.4 Å². The number of benzene rings is 1. The zero-order chi connectivity index (χ0) is 27.4. The highest BCUT2D eigenvalue weighted by Crippen LogP contribution is 2.24. The molecule has 0 saturated heterocycles. The number of aliphatic carboxylic acids is 5. The summed E-state index contributed by atoms with van der Waals surface area (Å²) in [6.45, 7) is -4.00. The summed E-state index contributed by atoms with van der Waals surface area (Å²) in [5, 5.41) is 56.9. The Kier molecular flexibility index (Phi) is 11.9. The minimum absolute atomic E-state index is 0.162. The number of non-ortho nitro benzene ring substituents is 1. The van der Waals surface area contributed by atoms with Crippen LogP contribution in [0, 0.1) is 10.1 Å². The van der Waals surface area contributed by atoms with Crippen molar-refractivity contribution in [1.29, 1.82) is 0 Å². The van der Waals surface area contributed by atoms with Gasteiger partial charge in [0.25, 0.3) is 5.69 Å². The molecule has 16 nitrogen and oxygen atoms in total. The summed E-state index contributed by atoms with van der Waals surface area (Å²) in [4.78, 5) is 70.0. The summed E-state index contributed by atoms with van der Waals surface area (Å²) in [7, 11) is 0. The van der Waals surface area contributed by atoms with Gasteiger partial charge in [-0.1, -0.05) is 12.1 Å². The average Bonchev–Trinajstić information content (AvgIpc) is 2.73. The van der Waals surface area contributed by atoms with Crippen molar-refractivity contribution in [3.63, 3.8) is 0 Å². The molecule has 1 unspecified atom stereocenters. The smallest absolute Gasteiger partial charge is 0.317 e. The first-order valence-electron chi connectivity index (χ1n) is 10.3. The molecule has 0 spiro atoms. The van der Waals surface area contributed by atoms with Gasteiger partial charge in [-0.3, -0.25) is 48.8 Å². The van der Waals surface area contributed by atoms with Gasteiger partial charge in [0, 0.05) is 37.8 Å². The Morgan fingerprint density at radius 1 is 0.694 bits per heavy atom. The molecular formula is C20H26N4O12. The molecule has 1 atom stereocenters. The zero-order valence-corrected chi connectivity index (χ0v) is 18.9. The number of nitro groups is 1. The monoisotopic (exact) mass is 514 g/mol. The fraction of sp³-hybridized carbons (Fsp3) is 0.450. The molecule has 0 fully saturated rings. The minimum Gasteiger partial charge on any atom is -0.480 e. The van der Waals surface area contributed by atoms with Crippen LogP contribution >= 0.6 is 0 Å². The van der Waals surface area contributed by atoms with Crippen molar-refractivity contribution in [2.24, 2.45) is 0 Å². The molecule has 1 aromatic carbocycles. The number of carboxylic acids is 5. The lowest BCUT2D eigenvalue weighted by atomic mass is 10.0. The Morgan fingerprint density at radius 3 is 1.47 bits per heavy atom. The summed E-state index contributed by atoms with van der Waals surface area (Å²) < 4.78 is 0. The largest absolute Gasteiger partial charge is 0.480 e. The quantitative estimate of drug-likeness (QED) is 0.116. The maximum Gasteiger partial charge on any atom is 0.317 e. The molecule has 0 aliphatic rings. The van der Waals surface area contributed by atoms with Crippen molar-refractivity contribution in [2.75, 3.05) is 52.4 Å². The van der Waals surface area contributed by atoms with Crippen LogP contribution in [-0.2, 0) is 24.0 Å². The highest BCUT2D eigenvalue weighted by Gasteiger charge is 2.28. The fourth-order valence-corrected chi connectivity index (χ4v) is 3.42. The second-order valence-corrected chi connectivity index (χ2v) is 7.68. The summed E-state index contributed by atoms with van der Waals surface area (Å²) in [6, 6.07) is 3.79. The lowest BCUT2D eigenvalue weighted by Gasteiger charge is -2.34. The van der Waals surface area contributed by atoms with Gasteiger partial charge in [-0.2, -0.15) is 0 Å². The second-order valence-electron chi connectivity index (χ2n) is 7.68. The van der Waals surface area contributed by atoms with Gasteiger partial charge in [-0.25, -0.2) is 0 Å². The van der Waals surface area contributed by atoms with Crippen LogP contribution in [0.3, 0.4) is 0 Å². The molecule has 0 amide bonds. The Hall–Kier alpha value is -4.15. The van der Waals surface area contributed by atoms with Gasteiger partial charge in [0.1, 0.15) is 0 Å². The average molecular weight is 514 g/mol. The maximum atomic E-state index is 11.5. The third kappa shape index (κ3) is 11.3. The first kappa shape index (κ1) is 29.9. The number of hydrogen-bond acceptors (Lipinski definition) is 10. The Bertz CT molecular complexity index is 936. The Morgan fingerprint density at radius 2 is 1.08 bits per heavy atom. The first-order chi connectivity index (χ1) is 16.8. The van der Waals surface area contributed by atoms with Crippen LogP contribution < -0.4 is 0 Å². The van der Waals surface area contributed by atoms with E-state index in [1.807, 2.05) is 0 Å². The van der Waals surface area contributed by atoms with E-state index < -0.39 is 73.5 Å². The van der Waals surface area contributed by atoms with Crippen LogP contribution in [-0.4, -0.2) is 127 Å². The maximum absolute atomic E-state index is 11.5. The SMILES string of the molecule is O=C(O)CN(CCN(CC(=O)O)CC(c1ccc([N+](=O)[O-])cc1)N(CC(=O)O)CC(=O)O)CC(=O)O. The van der Waals surface area contributed by atoms with Crippen molar-refractivity contribution >= 4 is 35.5 Å². The minimum atomic E-state index is -1.37. The summed E-state index contributed by atoms with van der Waals surface area (Å²) in [5.74, 6) is -6.66. The molecule has 1 rings (SSSR count). The second kappa shape index (κ2) is 14.3. The van der Waals surface area contributed by atoms with Crippen LogP contribution in [0.25, 0.3) is 0 Å². The van der Waals surface area contributed by atoms with E-state index in [0.717, 1.165) is 21.9 Å². The lowest BCUT2D eigenvalue weighted by molar-refractivity contribution is -0.384. The van der Waals surface area contributed by atoms with Gasteiger partial charge in [-0.15, -0.1) is 0 Å². The van der Waals surface area contributed by atoms with E-state index in [1.165, 1.54) is 17.0 Å². The number of hydrogen-bond donors (Lipinski definition) is 5. The number of nitro benzene ring substituents is 1. The molecule has 0 saturated carbocycles. The van der Waals surface area contributed by atoms with Crippen molar-refractivity contribution in [3.8, 4) is 0 Å². The van der Waals surface area contributed by atoms with Gasteiger partial charge in [-0.05, 0) is 5.56 Å². The molecule has 0 radical (unpaired) electrons. The molecule has 5 N–H and O–H groups in total.